The fourth-order valence-electron chi connectivity index (χ4n) is 6.01. The second-order valence-electron chi connectivity index (χ2n) is 12.1. The summed E-state index contributed by atoms with van der Waals surface area (Å²) in [6, 6.07) is 47.7. The van der Waals surface area contributed by atoms with Gasteiger partial charge in [-0.2, -0.15) is 0 Å². The minimum Gasteiger partial charge on any atom is -0.256 e. The van der Waals surface area contributed by atoms with Crippen LogP contribution in [0.4, 0.5) is 0 Å². The largest absolute Gasteiger partial charge is 0.256 e. The summed E-state index contributed by atoms with van der Waals surface area (Å²) >= 11 is 0. The van der Waals surface area contributed by atoms with E-state index in [0.29, 0.717) is 11.3 Å². The maximum Gasteiger partial charge on any atom is 0.0708 e. The van der Waals surface area contributed by atoms with Crippen molar-refractivity contribution in [1.29, 1.82) is 0 Å². The van der Waals surface area contributed by atoms with Crippen LogP contribution in [0.1, 0.15) is 30.5 Å². The Hall–Kier alpha value is -5.86. The molecule has 8 aromatic rings. The molecule has 2 heterocycles. The third-order valence-electron chi connectivity index (χ3n) is 8.60. The van der Waals surface area contributed by atoms with E-state index in [1.807, 2.05) is 60.8 Å². The van der Waals surface area contributed by atoms with E-state index in [1.54, 1.807) is 24.3 Å². The Balaban J connectivity index is 0.000000171. The van der Waals surface area contributed by atoms with Crippen LogP contribution in [0.25, 0.3) is 66.3 Å². The Morgan fingerprint density at radius 1 is 0.396 bits per heavy atom. The van der Waals surface area contributed by atoms with Crippen LogP contribution in [0.15, 0.2) is 158 Å². The lowest BCUT2D eigenvalue weighted by atomic mass is 9.96. The van der Waals surface area contributed by atoms with Gasteiger partial charge in [0.2, 0.25) is 0 Å². The van der Waals surface area contributed by atoms with Crippen LogP contribution < -0.4 is 0 Å². The number of fused-ring (bicyclic) bond motifs is 2. The van der Waals surface area contributed by atoms with E-state index < -0.39 is 13.7 Å². The third kappa shape index (κ3) is 6.65. The standard InChI is InChI=1S/2C23H19N/c2*1-16-8-9-20-13-21(11-10-19(20)12-16)22-14-23(24-15-17(22)2)18-6-4-3-5-7-18/h2*3-15H,1-2H3/i1D3,2D3;. The highest BCUT2D eigenvalue weighted by Gasteiger charge is 2.09. The summed E-state index contributed by atoms with van der Waals surface area (Å²) < 4.78 is 46.6. The predicted molar refractivity (Wildman–Crippen MR) is 204 cm³/mol. The van der Waals surface area contributed by atoms with Crippen LogP contribution in [0.5, 0.6) is 0 Å². The monoisotopic (exact) mass is 624 g/mol. The average molecular weight is 625 g/mol. The lowest BCUT2D eigenvalue weighted by molar-refractivity contribution is 1.27. The predicted octanol–water partition coefficient (Wildman–Crippen LogP) is 12.4. The lowest BCUT2D eigenvalue weighted by Crippen LogP contribution is -1.90. The first-order chi connectivity index (χ1) is 25.8. The van der Waals surface area contributed by atoms with E-state index in [-0.39, 0.29) is 11.1 Å². The number of hydrogen-bond donors (Lipinski definition) is 0. The van der Waals surface area contributed by atoms with Gasteiger partial charge in [-0.05, 0) is 107 Å². The first-order valence-corrected chi connectivity index (χ1v) is 16.0. The molecule has 0 spiro atoms. The number of nitrogens with zero attached hydrogens (tertiary/aromatic N) is 2. The second-order valence-corrected chi connectivity index (χ2v) is 12.1. The molecule has 48 heavy (non-hydrogen) atoms. The number of aromatic nitrogens is 2. The van der Waals surface area contributed by atoms with Crippen LogP contribution in [0.2, 0.25) is 0 Å². The van der Waals surface area contributed by atoms with E-state index >= 15 is 0 Å². The Bertz CT molecular complexity index is 2600. The SMILES string of the molecule is Cc1ccc2cc(-c3cc(-c4ccccc4)ncc3C)ccc2c1.[2H]C([2H])([2H])c1ccc2cc(-c3cc(-c4ccccc4)ncc3C([2H])([2H])[2H])ccc2c1. The summed E-state index contributed by atoms with van der Waals surface area (Å²) in [5.41, 5.74) is 10.5. The number of rotatable bonds is 4. The van der Waals surface area contributed by atoms with Crippen LogP contribution in [0.3, 0.4) is 0 Å². The van der Waals surface area contributed by atoms with Crippen molar-refractivity contribution in [2.24, 2.45) is 0 Å². The number of aryl methyl sites for hydroxylation is 4. The van der Waals surface area contributed by atoms with Crippen molar-refractivity contribution < 1.29 is 8.22 Å². The minimum absolute atomic E-state index is 0.181. The third-order valence-corrected chi connectivity index (χ3v) is 8.60. The maximum absolute atomic E-state index is 7.93. The van der Waals surface area contributed by atoms with Gasteiger partial charge in [-0.1, -0.05) is 132 Å². The molecule has 0 saturated heterocycles. The molecule has 0 atom stereocenters. The fourth-order valence-corrected chi connectivity index (χ4v) is 6.01. The zero-order valence-electron chi connectivity index (χ0n) is 32.9. The topological polar surface area (TPSA) is 25.8 Å². The molecular formula is C46H38N2. The van der Waals surface area contributed by atoms with Crippen LogP contribution in [-0.2, 0) is 0 Å². The van der Waals surface area contributed by atoms with Gasteiger partial charge in [0.15, 0.2) is 0 Å². The Morgan fingerprint density at radius 2 is 0.854 bits per heavy atom. The molecule has 0 aliphatic carbocycles. The molecule has 0 aliphatic rings. The lowest BCUT2D eigenvalue weighted by Gasteiger charge is -2.10. The average Bonchev–Trinajstić information content (AvgIpc) is 3.17. The van der Waals surface area contributed by atoms with Gasteiger partial charge < -0.3 is 0 Å². The van der Waals surface area contributed by atoms with Crippen molar-refractivity contribution in [3.8, 4) is 44.8 Å². The smallest absolute Gasteiger partial charge is 0.0708 e. The highest BCUT2D eigenvalue weighted by molar-refractivity contribution is 5.90. The first-order valence-electron chi connectivity index (χ1n) is 19.0. The highest BCUT2D eigenvalue weighted by Crippen LogP contribution is 2.32. The van der Waals surface area contributed by atoms with Crippen LogP contribution in [-0.4, -0.2) is 9.97 Å². The van der Waals surface area contributed by atoms with E-state index in [2.05, 4.69) is 90.5 Å². The number of hydrogen-bond acceptors (Lipinski definition) is 2. The molecule has 232 valence electrons. The van der Waals surface area contributed by atoms with Gasteiger partial charge in [-0.15, -0.1) is 0 Å². The summed E-state index contributed by atoms with van der Waals surface area (Å²) in [6.45, 7) is -0.225. The molecular weight excluding hydrogens is 581 g/mol. The summed E-state index contributed by atoms with van der Waals surface area (Å²) in [7, 11) is 0. The van der Waals surface area contributed by atoms with Gasteiger partial charge in [-0.3, -0.25) is 9.97 Å². The van der Waals surface area contributed by atoms with E-state index in [9.17, 15) is 0 Å². The summed E-state index contributed by atoms with van der Waals surface area (Å²) in [4.78, 5) is 8.99. The van der Waals surface area contributed by atoms with Crippen molar-refractivity contribution in [2.45, 2.75) is 27.6 Å². The van der Waals surface area contributed by atoms with Gasteiger partial charge in [0.1, 0.15) is 0 Å². The van der Waals surface area contributed by atoms with Crippen molar-refractivity contribution in [2.75, 3.05) is 0 Å². The molecule has 0 saturated carbocycles. The Labute approximate surface area is 291 Å². The molecule has 2 heteroatoms. The van der Waals surface area contributed by atoms with Gasteiger partial charge >= 0.3 is 0 Å². The van der Waals surface area contributed by atoms with E-state index in [4.69, 9.17) is 8.22 Å². The Kier molecular flexibility index (Phi) is 6.83. The molecule has 0 bridgehead atoms. The van der Waals surface area contributed by atoms with Crippen LogP contribution in [0, 0.1) is 27.6 Å². The molecule has 2 nitrogen and oxygen atoms in total. The van der Waals surface area contributed by atoms with Gasteiger partial charge in [0.05, 0.1) is 11.4 Å². The summed E-state index contributed by atoms with van der Waals surface area (Å²) in [5, 5.41) is 4.19. The number of benzene rings is 6. The molecule has 6 aromatic carbocycles. The van der Waals surface area contributed by atoms with Crippen molar-refractivity contribution in [1.82, 2.24) is 9.97 Å². The Morgan fingerprint density at radius 3 is 1.40 bits per heavy atom. The van der Waals surface area contributed by atoms with Crippen molar-refractivity contribution in [3.63, 3.8) is 0 Å². The van der Waals surface area contributed by atoms with Gasteiger partial charge in [0.25, 0.3) is 0 Å². The highest BCUT2D eigenvalue weighted by atomic mass is 14.7. The molecule has 0 N–H and O–H groups in total. The maximum atomic E-state index is 7.93. The summed E-state index contributed by atoms with van der Waals surface area (Å²) in [5.74, 6) is 0. The quantitative estimate of drug-likeness (QED) is 0.195. The van der Waals surface area contributed by atoms with Gasteiger partial charge in [0, 0.05) is 31.7 Å². The van der Waals surface area contributed by atoms with Crippen molar-refractivity contribution in [3.05, 3.63) is 180 Å². The normalized spacial score (nSPS) is 13.3. The van der Waals surface area contributed by atoms with Crippen molar-refractivity contribution >= 4 is 21.5 Å². The van der Waals surface area contributed by atoms with Gasteiger partial charge in [-0.25, -0.2) is 0 Å². The second kappa shape index (κ2) is 13.5. The first kappa shape index (κ1) is 24.3. The molecule has 0 amide bonds. The summed E-state index contributed by atoms with van der Waals surface area (Å²) in [6.07, 6.45) is 3.39. The molecule has 0 fully saturated rings. The zero-order valence-corrected chi connectivity index (χ0v) is 26.9. The molecule has 0 unspecified atom stereocenters. The molecule has 0 aliphatic heterocycles. The zero-order chi connectivity index (χ0) is 38.0. The molecule has 8 rings (SSSR count). The minimum atomic E-state index is -2.31. The molecule has 0 radical (unpaired) electrons. The van der Waals surface area contributed by atoms with E-state index in [0.717, 1.165) is 33.2 Å². The molecule has 2 aromatic heterocycles. The van der Waals surface area contributed by atoms with Crippen LogP contribution >= 0.6 is 0 Å². The fraction of sp³-hybridized carbons (Fsp3) is 0.0870. The van der Waals surface area contributed by atoms with E-state index in [1.165, 1.54) is 39.2 Å². The number of pyridine rings is 2.